The van der Waals surface area contributed by atoms with Gasteiger partial charge in [0.1, 0.15) is 0 Å². The molecule has 0 saturated heterocycles. The molecule has 0 radical (unpaired) electrons. The molecule has 0 unspecified atom stereocenters. The topological polar surface area (TPSA) is 69.6 Å². The maximum atomic E-state index is 6.51. The maximum absolute atomic E-state index is 6.51. The van der Waals surface area contributed by atoms with Gasteiger partial charge in [0.05, 0.1) is 0 Å². The van der Waals surface area contributed by atoms with Gasteiger partial charge in [0.2, 0.25) is 0 Å². The molecule has 0 aliphatic carbocycles. The minimum absolute atomic E-state index is 0.115. The fourth-order valence-corrected chi connectivity index (χ4v) is 7.47. The molecule has 0 atom stereocenters. The predicted octanol–water partition coefficient (Wildman–Crippen LogP) is 7.21. The molecule has 3 aromatic heterocycles. The molecule has 1 aliphatic rings. The fraction of sp³-hybridized carbons (Fsp3) is 0.128. The number of benzene rings is 3. The Kier molecular flexibility index (Phi) is 12.1. The van der Waals surface area contributed by atoms with Gasteiger partial charge >= 0.3 is 248 Å². The summed E-state index contributed by atoms with van der Waals surface area (Å²) in [4.78, 5) is 19.9. The molecule has 4 heterocycles. The summed E-state index contributed by atoms with van der Waals surface area (Å²) in [5.74, 6) is 4.74. The summed E-state index contributed by atoms with van der Waals surface area (Å²) < 4.78 is 8.87. The first-order chi connectivity index (χ1) is 27.9. The third-order valence-corrected chi connectivity index (χ3v) is 10.4. The number of allylic oxidation sites excluding steroid dienone is 5. The van der Waals surface area contributed by atoms with Crippen molar-refractivity contribution in [3.8, 4) is 28.5 Å². The molecule has 0 amide bonds. The normalized spacial score (nSPS) is 13.9. The molecule has 57 heavy (non-hydrogen) atoms. The molecule has 3 aromatic carbocycles. The van der Waals surface area contributed by atoms with E-state index in [1.54, 1.807) is 0 Å². The first kappa shape index (κ1) is 39.0. The SMILES string of the molecule is C=C/C=C\c1c(BC)c(/C=C(\BC)C2=CB(C)C(c3nc(=C/C(=B\C)c4nc(-c5ccccc5)nc(-c5ccccc5)n4)/c(=C\C)o3)=C2)c(C)n1-c1ccccc1. The van der Waals surface area contributed by atoms with Crippen molar-refractivity contribution in [2.45, 2.75) is 41.1 Å². The summed E-state index contributed by atoms with van der Waals surface area (Å²) in [7, 11) is 1.78. The minimum atomic E-state index is 0.115. The van der Waals surface area contributed by atoms with E-state index in [-0.39, 0.29) is 6.71 Å². The minimum Gasteiger partial charge on any atom is -0.314 e. The van der Waals surface area contributed by atoms with Crippen LogP contribution in [0.1, 0.15) is 35.6 Å². The standard InChI is InChI=1S/C47H45B4N5O/c1-8-10-26-41-43(50-6)36(31(3)56(41)35-24-18-13-19-25-35)28-37(48-4)34-27-39(51(7)30-34)47-52-40(42(9-2)57-47)29-38(49-5)46-54-44(32-20-14-11-15-21-32)53-45(55-46)33-22-16-12-17-23-33/h8-30,48,50H,1H2,2-7H3/b26-10-,37-28-,40-29+,42-9+. The Labute approximate surface area is 338 Å². The van der Waals surface area contributed by atoms with Crippen LogP contribution < -0.4 is 16.2 Å². The second-order valence-electron chi connectivity index (χ2n) is 14.0. The second-order valence-corrected chi connectivity index (χ2v) is 14.0. The molecule has 0 saturated carbocycles. The Morgan fingerprint density at radius 3 is 2.07 bits per heavy atom. The van der Waals surface area contributed by atoms with Crippen molar-refractivity contribution in [2.24, 2.45) is 0 Å². The Morgan fingerprint density at radius 2 is 1.51 bits per heavy atom. The van der Waals surface area contributed by atoms with E-state index in [1.165, 1.54) is 33.5 Å². The van der Waals surface area contributed by atoms with Crippen molar-refractivity contribution in [1.29, 1.82) is 0 Å². The molecule has 0 bridgehead atoms. The second kappa shape index (κ2) is 17.7. The average Bonchev–Trinajstić information content (AvgIpc) is 3.93. The molecule has 7 rings (SSSR count). The van der Waals surface area contributed by atoms with Crippen molar-refractivity contribution < 1.29 is 4.42 Å². The smallest absolute Gasteiger partial charge is 0.314 e. The molecule has 1 aliphatic heterocycles. The Hall–Kier alpha value is -6.27. The first-order valence-electron chi connectivity index (χ1n) is 19.8. The molecule has 6 aromatic rings. The van der Waals surface area contributed by atoms with Crippen LogP contribution in [0.4, 0.5) is 0 Å². The third-order valence-electron chi connectivity index (χ3n) is 10.4. The van der Waals surface area contributed by atoms with Gasteiger partial charge in [0.15, 0.2) is 7.28 Å². The number of nitrogens with zero attached hydrogens (tertiary/aromatic N) is 5. The predicted molar refractivity (Wildman–Crippen MR) is 248 cm³/mol. The van der Waals surface area contributed by atoms with Gasteiger partial charge in [-0.05, 0) is 25.1 Å². The average molecular weight is 739 g/mol. The summed E-state index contributed by atoms with van der Waals surface area (Å²) in [6.07, 6.45) is 14.6. The number of hydrogen-bond acceptors (Lipinski definition) is 5. The van der Waals surface area contributed by atoms with Crippen LogP contribution in [0.2, 0.25) is 27.3 Å². The van der Waals surface area contributed by atoms with E-state index in [4.69, 9.17) is 24.4 Å². The molecule has 276 valence electrons. The van der Waals surface area contributed by atoms with Crippen LogP contribution in [-0.4, -0.2) is 58.2 Å². The van der Waals surface area contributed by atoms with Gasteiger partial charge in [-0.3, -0.25) is 0 Å². The Bertz CT molecular complexity index is 2650. The zero-order valence-corrected chi connectivity index (χ0v) is 33.7. The van der Waals surface area contributed by atoms with Crippen LogP contribution in [0.25, 0.3) is 58.2 Å². The number of rotatable bonds is 12. The molecular formula is C47H45B4N5O. The number of oxazole rings is 1. The van der Waals surface area contributed by atoms with Crippen LogP contribution in [0.3, 0.4) is 0 Å². The van der Waals surface area contributed by atoms with Crippen LogP contribution in [0.5, 0.6) is 0 Å². The quantitative estimate of drug-likeness (QED) is 0.0982. The van der Waals surface area contributed by atoms with Gasteiger partial charge in [0, 0.05) is 11.4 Å². The van der Waals surface area contributed by atoms with Gasteiger partial charge in [-0.1, -0.05) is 43.8 Å². The number of para-hydroxylation sites is 1. The van der Waals surface area contributed by atoms with Gasteiger partial charge in [0.25, 0.3) is 0 Å². The zero-order valence-electron chi connectivity index (χ0n) is 33.7. The van der Waals surface area contributed by atoms with Crippen LogP contribution in [0, 0.1) is 6.92 Å². The van der Waals surface area contributed by atoms with E-state index < -0.39 is 0 Å². The number of aromatic nitrogens is 5. The molecule has 10 heteroatoms. The Balaban J connectivity index is 1.27. The third kappa shape index (κ3) is 8.17. The van der Waals surface area contributed by atoms with E-state index >= 15 is 0 Å². The van der Waals surface area contributed by atoms with Gasteiger partial charge in [-0.15, -0.1) is 0 Å². The van der Waals surface area contributed by atoms with E-state index in [0.717, 1.165) is 47.7 Å². The van der Waals surface area contributed by atoms with Gasteiger partial charge in [-0.25, -0.2) is 0 Å². The molecule has 0 spiro atoms. The summed E-state index contributed by atoms with van der Waals surface area (Å²) in [6, 6.07) is 30.6. The fourth-order valence-electron chi connectivity index (χ4n) is 7.47. The summed E-state index contributed by atoms with van der Waals surface area (Å²) >= 11 is 0. The van der Waals surface area contributed by atoms with Crippen molar-refractivity contribution in [1.82, 2.24) is 24.5 Å². The summed E-state index contributed by atoms with van der Waals surface area (Å²) in [6.45, 7) is 18.9. The van der Waals surface area contributed by atoms with E-state index in [9.17, 15) is 0 Å². The van der Waals surface area contributed by atoms with E-state index in [1.807, 2.05) is 106 Å². The molecule has 0 N–H and O–H groups in total. The van der Waals surface area contributed by atoms with Crippen LogP contribution in [0.15, 0.2) is 137 Å². The summed E-state index contributed by atoms with van der Waals surface area (Å²) in [5, 5.41) is 0.724. The van der Waals surface area contributed by atoms with E-state index in [0.29, 0.717) is 28.8 Å². The van der Waals surface area contributed by atoms with E-state index in [2.05, 4.69) is 93.1 Å². The molecular weight excluding hydrogens is 694 g/mol. The van der Waals surface area contributed by atoms with Crippen molar-refractivity contribution >= 4 is 68.9 Å². The zero-order chi connectivity index (χ0) is 39.9. The van der Waals surface area contributed by atoms with Crippen LogP contribution in [-0.2, 0) is 0 Å². The summed E-state index contributed by atoms with van der Waals surface area (Å²) in [5.41, 5.74) is 13.0. The van der Waals surface area contributed by atoms with Crippen molar-refractivity contribution in [3.63, 3.8) is 0 Å². The molecule has 6 nitrogen and oxygen atoms in total. The van der Waals surface area contributed by atoms with Gasteiger partial charge < -0.3 is 4.57 Å². The van der Waals surface area contributed by atoms with Crippen LogP contribution >= 0.6 is 0 Å². The van der Waals surface area contributed by atoms with Crippen molar-refractivity contribution in [3.05, 3.63) is 172 Å². The first-order valence-corrected chi connectivity index (χ1v) is 19.8. The number of hydrogen-bond donors (Lipinski definition) is 0. The Morgan fingerprint density at radius 1 is 0.877 bits per heavy atom. The van der Waals surface area contributed by atoms with Crippen molar-refractivity contribution in [2.75, 3.05) is 0 Å². The molecule has 0 fully saturated rings. The van der Waals surface area contributed by atoms with Gasteiger partial charge in [-0.2, -0.15) is 0 Å². The monoisotopic (exact) mass is 739 g/mol.